The molecule has 1 saturated heterocycles. The Kier molecular flexibility index (Phi) is 4.93. The van der Waals surface area contributed by atoms with Gasteiger partial charge in [-0.2, -0.15) is 0 Å². The number of aliphatic hydroxyl groups is 1. The lowest BCUT2D eigenvalue weighted by Gasteiger charge is -2.36. The highest BCUT2D eigenvalue weighted by Gasteiger charge is 2.32. The van der Waals surface area contributed by atoms with Crippen LogP contribution in [0.2, 0.25) is 0 Å². The van der Waals surface area contributed by atoms with Crippen molar-refractivity contribution in [3.05, 3.63) is 35.9 Å². The number of hydrogen-bond acceptors (Lipinski definition) is 4. The standard InChI is InChI=1S/C15H21NO3/c1-19-15(18)14-11-13(17)8-10-16(14)9-7-12-5-3-2-4-6-12/h2-6,13-14,17H,7-11H2,1H3/t13-,14?/m0/s1. The van der Waals surface area contributed by atoms with Crippen LogP contribution >= 0.6 is 0 Å². The van der Waals surface area contributed by atoms with Crippen LogP contribution in [0.5, 0.6) is 0 Å². The summed E-state index contributed by atoms with van der Waals surface area (Å²) in [5.74, 6) is -0.244. The van der Waals surface area contributed by atoms with Crippen molar-refractivity contribution in [2.24, 2.45) is 0 Å². The number of benzene rings is 1. The molecule has 1 aromatic carbocycles. The van der Waals surface area contributed by atoms with Crippen LogP contribution in [0.4, 0.5) is 0 Å². The lowest BCUT2D eigenvalue weighted by molar-refractivity contribution is -0.150. The number of likely N-dealkylation sites (tertiary alicyclic amines) is 1. The van der Waals surface area contributed by atoms with Crippen LogP contribution in [0.15, 0.2) is 30.3 Å². The Morgan fingerprint density at radius 3 is 2.84 bits per heavy atom. The first-order chi connectivity index (χ1) is 9.20. The van der Waals surface area contributed by atoms with E-state index in [4.69, 9.17) is 4.74 Å². The van der Waals surface area contributed by atoms with E-state index in [0.29, 0.717) is 6.42 Å². The Labute approximate surface area is 114 Å². The first kappa shape index (κ1) is 14.0. The minimum Gasteiger partial charge on any atom is -0.468 e. The molecule has 0 radical (unpaired) electrons. The SMILES string of the molecule is COC(=O)C1C[C@@H](O)CCN1CCc1ccccc1. The molecule has 0 saturated carbocycles. The fourth-order valence-corrected chi connectivity index (χ4v) is 2.56. The van der Waals surface area contributed by atoms with Gasteiger partial charge in [-0.1, -0.05) is 30.3 Å². The van der Waals surface area contributed by atoms with Crippen LogP contribution in [-0.4, -0.2) is 48.3 Å². The Balaban J connectivity index is 1.95. The van der Waals surface area contributed by atoms with Gasteiger partial charge in [-0.3, -0.25) is 9.69 Å². The zero-order valence-electron chi connectivity index (χ0n) is 11.3. The van der Waals surface area contributed by atoms with Gasteiger partial charge >= 0.3 is 5.97 Å². The van der Waals surface area contributed by atoms with Crippen molar-refractivity contribution in [1.29, 1.82) is 0 Å². The van der Waals surface area contributed by atoms with E-state index >= 15 is 0 Å². The first-order valence-electron chi connectivity index (χ1n) is 6.74. The third-order valence-electron chi connectivity index (χ3n) is 3.69. The molecule has 0 amide bonds. The van der Waals surface area contributed by atoms with Crippen LogP contribution in [-0.2, 0) is 16.0 Å². The average molecular weight is 263 g/mol. The number of carbonyl (C=O) groups is 1. The molecule has 19 heavy (non-hydrogen) atoms. The van der Waals surface area contributed by atoms with Gasteiger partial charge in [0.15, 0.2) is 0 Å². The third-order valence-corrected chi connectivity index (χ3v) is 3.69. The predicted molar refractivity (Wildman–Crippen MR) is 72.8 cm³/mol. The van der Waals surface area contributed by atoms with Gasteiger partial charge in [0.05, 0.1) is 13.2 Å². The molecule has 1 N–H and O–H groups in total. The van der Waals surface area contributed by atoms with Gasteiger partial charge in [0.25, 0.3) is 0 Å². The highest BCUT2D eigenvalue weighted by molar-refractivity contribution is 5.75. The summed E-state index contributed by atoms with van der Waals surface area (Å²) >= 11 is 0. The summed E-state index contributed by atoms with van der Waals surface area (Å²) in [6, 6.07) is 9.91. The van der Waals surface area contributed by atoms with Crippen molar-refractivity contribution in [3.8, 4) is 0 Å². The highest BCUT2D eigenvalue weighted by Crippen LogP contribution is 2.19. The number of rotatable bonds is 4. The summed E-state index contributed by atoms with van der Waals surface area (Å²) in [6.45, 7) is 1.56. The Hall–Kier alpha value is -1.39. The summed E-state index contributed by atoms with van der Waals surface area (Å²) in [5, 5.41) is 9.69. The van der Waals surface area contributed by atoms with Crippen molar-refractivity contribution < 1.29 is 14.6 Å². The molecule has 1 heterocycles. The molecule has 1 aliphatic rings. The minimum atomic E-state index is -0.392. The number of esters is 1. The second kappa shape index (κ2) is 6.68. The molecule has 0 bridgehead atoms. The topological polar surface area (TPSA) is 49.8 Å². The molecule has 104 valence electrons. The summed E-state index contributed by atoms with van der Waals surface area (Å²) in [4.78, 5) is 13.9. The van der Waals surface area contributed by atoms with Crippen molar-refractivity contribution in [2.45, 2.75) is 31.4 Å². The largest absolute Gasteiger partial charge is 0.468 e. The van der Waals surface area contributed by atoms with Crippen LogP contribution in [0.25, 0.3) is 0 Å². The monoisotopic (exact) mass is 263 g/mol. The number of nitrogens with zero attached hydrogens (tertiary/aromatic N) is 1. The van der Waals surface area contributed by atoms with E-state index in [1.54, 1.807) is 0 Å². The lowest BCUT2D eigenvalue weighted by atomic mass is 9.98. The fraction of sp³-hybridized carbons (Fsp3) is 0.533. The molecule has 0 aromatic heterocycles. The highest BCUT2D eigenvalue weighted by atomic mass is 16.5. The van der Waals surface area contributed by atoms with Gasteiger partial charge in [-0.25, -0.2) is 0 Å². The zero-order valence-corrected chi connectivity index (χ0v) is 11.3. The van der Waals surface area contributed by atoms with Crippen molar-refractivity contribution >= 4 is 5.97 Å². The zero-order chi connectivity index (χ0) is 13.7. The maximum absolute atomic E-state index is 11.8. The Morgan fingerprint density at radius 2 is 2.16 bits per heavy atom. The van der Waals surface area contributed by atoms with E-state index in [1.165, 1.54) is 12.7 Å². The van der Waals surface area contributed by atoms with E-state index < -0.39 is 6.10 Å². The second-order valence-electron chi connectivity index (χ2n) is 4.99. The van der Waals surface area contributed by atoms with E-state index in [-0.39, 0.29) is 12.0 Å². The maximum Gasteiger partial charge on any atom is 0.323 e. The molecular formula is C15H21NO3. The maximum atomic E-state index is 11.8. The molecule has 0 spiro atoms. The van der Waals surface area contributed by atoms with Gasteiger partial charge in [0, 0.05) is 13.1 Å². The molecule has 1 fully saturated rings. The Morgan fingerprint density at radius 1 is 1.42 bits per heavy atom. The number of methoxy groups -OCH3 is 1. The van der Waals surface area contributed by atoms with Crippen LogP contribution in [0, 0.1) is 0 Å². The molecular weight excluding hydrogens is 242 g/mol. The van der Waals surface area contributed by atoms with E-state index in [9.17, 15) is 9.90 Å². The summed E-state index contributed by atoms with van der Waals surface area (Å²) in [6.07, 6.45) is 1.71. The normalized spacial score (nSPS) is 24.1. The van der Waals surface area contributed by atoms with Gasteiger partial charge < -0.3 is 9.84 Å². The second-order valence-corrected chi connectivity index (χ2v) is 4.99. The number of hydrogen-bond donors (Lipinski definition) is 1. The smallest absolute Gasteiger partial charge is 0.323 e. The van der Waals surface area contributed by atoms with Crippen molar-refractivity contribution in [3.63, 3.8) is 0 Å². The number of piperidine rings is 1. The minimum absolute atomic E-state index is 0.244. The van der Waals surface area contributed by atoms with Crippen LogP contribution in [0.3, 0.4) is 0 Å². The van der Waals surface area contributed by atoms with Crippen LogP contribution in [0.1, 0.15) is 18.4 Å². The van der Waals surface area contributed by atoms with Crippen molar-refractivity contribution in [2.75, 3.05) is 20.2 Å². The third kappa shape index (κ3) is 3.78. The molecule has 0 aliphatic carbocycles. The average Bonchev–Trinajstić information content (AvgIpc) is 2.46. The van der Waals surface area contributed by atoms with Gasteiger partial charge in [0.2, 0.25) is 0 Å². The molecule has 1 unspecified atom stereocenters. The molecule has 1 aliphatic heterocycles. The van der Waals surface area contributed by atoms with Gasteiger partial charge in [-0.05, 0) is 24.8 Å². The number of carbonyl (C=O) groups excluding carboxylic acids is 1. The van der Waals surface area contributed by atoms with Crippen molar-refractivity contribution in [1.82, 2.24) is 4.90 Å². The quantitative estimate of drug-likeness (QED) is 0.830. The molecule has 4 nitrogen and oxygen atoms in total. The number of ether oxygens (including phenoxy) is 1. The molecule has 2 atom stereocenters. The summed E-state index contributed by atoms with van der Waals surface area (Å²) in [5.41, 5.74) is 1.26. The van der Waals surface area contributed by atoms with E-state index in [2.05, 4.69) is 17.0 Å². The molecule has 1 aromatic rings. The molecule has 2 rings (SSSR count). The Bertz CT molecular complexity index is 407. The summed E-state index contributed by atoms with van der Waals surface area (Å²) < 4.78 is 4.83. The number of aliphatic hydroxyl groups excluding tert-OH is 1. The van der Waals surface area contributed by atoms with E-state index in [0.717, 1.165) is 25.9 Å². The van der Waals surface area contributed by atoms with Crippen LogP contribution < -0.4 is 0 Å². The summed E-state index contributed by atoms with van der Waals surface area (Å²) in [7, 11) is 1.40. The first-order valence-corrected chi connectivity index (χ1v) is 6.74. The van der Waals surface area contributed by atoms with Gasteiger partial charge in [0.1, 0.15) is 6.04 Å². The lowest BCUT2D eigenvalue weighted by Crippen LogP contribution is -2.49. The van der Waals surface area contributed by atoms with E-state index in [1.807, 2.05) is 18.2 Å². The molecule has 4 heteroatoms. The van der Waals surface area contributed by atoms with Gasteiger partial charge in [-0.15, -0.1) is 0 Å². The fourth-order valence-electron chi connectivity index (χ4n) is 2.56. The predicted octanol–water partition coefficient (Wildman–Crippen LogP) is 1.23.